The van der Waals surface area contributed by atoms with Gasteiger partial charge in [-0.05, 0) is 26.8 Å². The van der Waals surface area contributed by atoms with E-state index in [-0.39, 0.29) is 22.7 Å². The highest BCUT2D eigenvalue weighted by molar-refractivity contribution is 6.73. The second kappa shape index (κ2) is 8.51. The van der Waals surface area contributed by atoms with Crippen LogP contribution in [-0.4, -0.2) is 57.7 Å². The lowest BCUT2D eigenvalue weighted by atomic mass is 10.1. The molecule has 9 heteroatoms. The minimum absolute atomic E-state index is 0.204. The summed E-state index contributed by atoms with van der Waals surface area (Å²) in [5.41, 5.74) is -0.644. The smallest absolute Gasteiger partial charge is 0.408 e. The number of fused-ring (bicyclic) bond motifs is 1. The van der Waals surface area contributed by atoms with Gasteiger partial charge >= 0.3 is 20.6 Å². The van der Waals surface area contributed by atoms with Crippen molar-refractivity contribution < 1.29 is 32.7 Å². The zero-order valence-corrected chi connectivity index (χ0v) is 20.7. The SMILES string of the molecule is CC(C)(C)OC(=O)NCC(=O)O[C@@H]1C=CO[C@@H]2CO[Si](C(C)(C)C)(C(C)(C)C)O[C@@H]12. The van der Waals surface area contributed by atoms with Gasteiger partial charge in [0.15, 0.2) is 6.10 Å². The Hall–Kier alpha value is -1.58. The van der Waals surface area contributed by atoms with Crippen molar-refractivity contribution in [3.63, 3.8) is 0 Å². The van der Waals surface area contributed by atoms with Gasteiger partial charge < -0.3 is 28.4 Å². The van der Waals surface area contributed by atoms with E-state index in [1.807, 2.05) is 0 Å². The Balaban J connectivity index is 2.09. The van der Waals surface area contributed by atoms with E-state index in [1.54, 1.807) is 26.8 Å². The Labute approximate surface area is 180 Å². The Morgan fingerprint density at radius 1 is 1.07 bits per heavy atom. The number of carbonyl (C=O) groups excluding carboxylic acids is 2. The topological polar surface area (TPSA) is 92.3 Å². The molecule has 2 aliphatic heterocycles. The van der Waals surface area contributed by atoms with E-state index >= 15 is 0 Å². The number of carbonyl (C=O) groups is 2. The van der Waals surface area contributed by atoms with E-state index in [2.05, 4.69) is 46.9 Å². The number of hydrogen-bond acceptors (Lipinski definition) is 7. The maximum Gasteiger partial charge on any atom is 0.408 e. The first-order chi connectivity index (χ1) is 13.6. The first-order valence-corrected chi connectivity index (χ1v) is 12.2. The lowest BCUT2D eigenvalue weighted by Crippen LogP contribution is -2.67. The average molecular weight is 444 g/mol. The summed E-state index contributed by atoms with van der Waals surface area (Å²) in [6.07, 6.45) is 1.04. The van der Waals surface area contributed by atoms with Crippen molar-refractivity contribution in [3.05, 3.63) is 12.3 Å². The minimum Gasteiger partial charge on any atom is -0.493 e. The molecule has 2 rings (SSSR count). The number of esters is 1. The van der Waals surface area contributed by atoms with Crippen LogP contribution in [0.3, 0.4) is 0 Å². The van der Waals surface area contributed by atoms with Crippen molar-refractivity contribution in [3.8, 4) is 0 Å². The van der Waals surface area contributed by atoms with E-state index in [9.17, 15) is 9.59 Å². The van der Waals surface area contributed by atoms with Crippen molar-refractivity contribution in [1.82, 2.24) is 5.32 Å². The van der Waals surface area contributed by atoms with Crippen LogP contribution in [0.2, 0.25) is 10.1 Å². The fourth-order valence-electron chi connectivity index (χ4n) is 3.99. The standard InChI is InChI=1S/C21H37NO7Si/c1-19(2,3)28-18(24)22-12-16(23)27-14-10-11-25-15-13-26-30(20(4,5)6,21(7,8)9)29-17(14)15/h10-11,14-15,17H,12-13H2,1-9H3,(H,22,24)/t14-,15-,17+/m1/s1. The molecule has 0 unspecified atom stereocenters. The number of ether oxygens (including phenoxy) is 3. The van der Waals surface area contributed by atoms with Crippen molar-refractivity contribution in [2.24, 2.45) is 0 Å². The molecule has 0 aromatic heterocycles. The molecule has 172 valence electrons. The van der Waals surface area contributed by atoms with Crippen LogP contribution in [0.4, 0.5) is 4.79 Å². The molecule has 0 bridgehead atoms. The minimum atomic E-state index is -2.75. The highest BCUT2D eigenvalue weighted by Crippen LogP contribution is 2.54. The summed E-state index contributed by atoms with van der Waals surface area (Å²) in [4.78, 5) is 24.1. The van der Waals surface area contributed by atoms with Crippen LogP contribution in [0.5, 0.6) is 0 Å². The van der Waals surface area contributed by atoms with Gasteiger partial charge in [0.2, 0.25) is 0 Å². The molecular formula is C21H37NO7Si. The molecule has 0 aromatic carbocycles. The van der Waals surface area contributed by atoms with Gasteiger partial charge in [-0.3, -0.25) is 4.79 Å². The lowest BCUT2D eigenvalue weighted by Gasteiger charge is -2.55. The summed E-state index contributed by atoms with van der Waals surface area (Å²) in [7, 11) is -2.75. The van der Waals surface area contributed by atoms with Crippen molar-refractivity contribution >= 4 is 20.6 Å². The van der Waals surface area contributed by atoms with Gasteiger partial charge in [0.05, 0.1) is 12.9 Å². The monoisotopic (exact) mass is 443 g/mol. The maximum absolute atomic E-state index is 12.4. The van der Waals surface area contributed by atoms with E-state index in [0.717, 1.165) is 0 Å². The number of alkyl carbamates (subject to hydrolysis) is 1. The summed E-state index contributed by atoms with van der Waals surface area (Å²) in [6.45, 7) is 18.1. The quantitative estimate of drug-likeness (QED) is 0.524. The zero-order valence-electron chi connectivity index (χ0n) is 19.7. The van der Waals surface area contributed by atoms with Crippen molar-refractivity contribution in [2.45, 2.75) is 96.3 Å². The first kappa shape index (κ1) is 24.7. The van der Waals surface area contributed by atoms with Crippen LogP contribution >= 0.6 is 0 Å². The number of hydrogen-bond donors (Lipinski definition) is 1. The fourth-order valence-corrected chi connectivity index (χ4v) is 8.95. The van der Waals surface area contributed by atoms with Gasteiger partial charge in [0.25, 0.3) is 0 Å². The molecule has 1 fully saturated rings. The predicted molar refractivity (Wildman–Crippen MR) is 114 cm³/mol. The first-order valence-electron chi connectivity index (χ1n) is 10.4. The molecule has 0 saturated carbocycles. The number of rotatable bonds is 3. The molecule has 0 aliphatic carbocycles. The summed E-state index contributed by atoms with van der Waals surface area (Å²) in [5.74, 6) is -0.579. The van der Waals surface area contributed by atoms with Crippen molar-refractivity contribution in [1.29, 1.82) is 0 Å². The molecule has 2 heterocycles. The molecule has 1 saturated heterocycles. The van der Waals surface area contributed by atoms with Crippen LogP contribution in [-0.2, 0) is 27.9 Å². The largest absolute Gasteiger partial charge is 0.493 e. The van der Waals surface area contributed by atoms with E-state index in [1.165, 1.54) is 6.26 Å². The molecule has 0 radical (unpaired) electrons. The van der Waals surface area contributed by atoms with Gasteiger partial charge in [-0.15, -0.1) is 0 Å². The Morgan fingerprint density at radius 2 is 1.67 bits per heavy atom. The Kier molecular flexibility index (Phi) is 7.00. The molecule has 2 aliphatic rings. The Bertz CT molecular complexity index is 658. The third-order valence-electron chi connectivity index (χ3n) is 4.98. The zero-order chi connectivity index (χ0) is 23.0. The summed E-state index contributed by atoms with van der Waals surface area (Å²) in [6, 6.07) is 0. The van der Waals surface area contributed by atoms with E-state index in [0.29, 0.717) is 6.61 Å². The Morgan fingerprint density at radius 3 is 2.20 bits per heavy atom. The number of nitrogens with one attached hydrogen (secondary N) is 1. The molecule has 0 aromatic rings. The van der Waals surface area contributed by atoms with Gasteiger partial charge in [0.1, 0.15) is 24.4 Å². The summed E-state index contributed by atoms with van der Waals surface area (Å²) in [5, 5.41) is 2.01. The van der Waals surface area contributed by atoms with Crippen molar-refractivity contribution in [2.75, 3.05) is 13.2 Å². The third kappa shape index (κ3) is 5.56. The second-order valence-electron chi connectivity index (χ2n) is 10.8. The molecule has 1 amide bonds. The molecule has 0 spiro atoms. The third-order valence-corrected chi connectivity index (χ3v) is 10.1. The highest BCUT2D eigenvalue weighted by atomic mass is 28.4. The average Bonchev–Trinajstić information content (AvgIpc) is 2.56. The van der Waals surface area contributed by atoms with Crippen LogP contribution < -0.4 is 5.32 Å². The van der Waals surface area contributed by atoms with E-state index in [4.69, 9.17) is 23.1 Å². The van der Waals surface area contributed by atoms with Crippen LogP contribution in [0.1, 0.15) is 62.3 Å². The van der Waals surface area contributed by atoms with Crippen LogP contribution in [0.25, 0.3) is 0 Å². The molecule has 8 nitrogen and oxygen atoms in total. The van der Waals surface area contributed by atoms with Crippen LogP contribution in [0, 0.1) is 0 Å². The fraction of sp³-hybridized carbons (Fsp3) is 0.810. The summed E-state index contributed by atoms with van der Waals surface area (Å²) < 4.78 is 29.5. The van der Waals surface area contributed by atoms with Gasteiger partial charge in [-0.1, -0.05) is 41.5 Å². The van der Waals surface area contributed by atoms with Gasteiger partial charge in [-0.25, -0.2) is 4.79 Å². The molecule has 3 atom stereocenters. The lowest BCUT2D eigenvalue weighted by molar-refractivity contribution is -0.165. The predicted octanol–water partition coefficient (Wildman–Crippen LogP) is 3.79. The highest BCUT2D eigenvalue weighted by Gasteiger charge is 2.63. The number of amides is 1. The van der Waals surface area contributed by atoms with Gasteiger partial charge in [0, 0.05) is 10.1 Å². The normalized spacial score (nSPS) is 26.2. The maximum atomic E-state index is 12.4. The summed E-state index contributed by atoms with van der Waals surface area (Å²) >= 11 is 0. The molecule has 1 N–H and O–H groups in total. The van der Waals surface area contributed by atoms with Gasteiger partial charge in [-0.2, -0.15) is 0 Å². The second-order valence-corrected chi connectivity index (χ2v) is 15.6. The molecule has 30 heavy (non-hydrogen) atoms. The molecular weight excluding hydrogens is 406 g/mol. The van der Waals surface area contributed by atoms with E-state index < -0.39 is 38.4 Å². The van der Waals surface area contributed by atoms with Crippen LogP contribution in [0.15, 0.2) is 12.3 Å².